The monoisotopic (exact) mass is 293 g/mol. The summed E-state index contributed by atoms with van der Waals surface area (Å²) in [6.45, 7) is 3.97. The summed E-state index contributed by atoms with van der Waals surface area (Å²) in [7, 11) is 0. The average molecular weight is 294 g/mol. The van der Waals surface area contributed by atoms with Gasteiger partial charge in [0.1, 0.15) is 0 Å². The Balaban J connectivity index is 2.15. The molecule has 0 saturated heterocycles. The topological polar surface area (TPSA) is 37.3 Å². The Morgan fingerprint density at radius 2 is 1.89 bits per heavy atom. The zero-order valence-corrected chi connectivity index (χ0v) is 12.1. The molecule has 0 aliphatic heterocycles. The number of aromatic nitrogens is 1. The fourth-order valence-electron chi connectivity index (χ4n) is 1.49. The summed E-state index contributed by atoms with van der Waals surface area (Å²) in [5, 5.41) is 5.19. The van der Waals surface area contributed by atoms with E-state index in [4.69, 9.17) is 23.2 Å². The number of hydrogen-bond donors (Lipinski definition) is 1. The lowest BCUT2D eigenvalue weighted by Crippen LogP contribution is -2.01. The molecular weight excluding hydrogens is 281 g/mol. The summed E-state index contributed by atoms with van der Waals surface area (Å²) in [6, 6.07) is 9.75. The van der Waals surface area contributed by atoms with Crippen LogP contribution in [0.3, 0.4) is 0 Å². The van der Waals surface area contributed by atoms with Gasteiger partial charge in [-0.3, -0.25) is 5.43 Å². The van der Waals surface area contributed by atoms with E-state index < -0.39 is 0 Å². The van der Waals surface area contributed by atoms with Gasteiger partial charge in [0.25, 0.3) is 0 Å². The molecule has 0 bridgehead atoms. The van der Waals surface area contributed by atoms with Crippen molar-refractivity contribution in [1.82, 2.24) is 4.98 Å². The molecule has 0 atom stereocenters. The Bertz CT molecular complexity index is 607. The van der Waals surface area contributed by atoms with E-state index >= 15 is 0 Å². The van der Waals surface area contributed by atoms with Crippen LogP contribution in [0.4, 0.5) is 5.82 Å². The number of benzene rings is 1. The van der Waals surface area contributed by atoms with Crippen LogP contribution in [-0.4, -0.2) is 10.7 Å². The van der Waals surface area contributed by atoms with Gasteiger partial charge in [0.05, 0.1) is 15.8 Å². The molecule has 0 amide bonds. The second kappa shape index (κ2) is 6.04. The number of halogens is 2. The average Bonchev–Trinajstić information content (AvgIpc) is 2.38. The third-order valence-electron chi connectivity index (χ3n) is 2.61. The number of pyridine rings is 1. The first-order valence-electron chi connectivity index (χ1n) is 5.74. The lowest BCUT2D eigenvalue weighted by Gasteiger charge is -2.05. The molecule has 1 N–H and O–H groups in total. The van der Waals surface area contributed by atoms with E-state index in [9.17, 15) is 0 Å². The van der Waals surface area contributed by atoms with Crippen LogP contribution >= 0.6 is 23.2 Å². The molecule has 19 heavy (non-hydrogen) atoms. The number of rotatable bonds is 3. The molecule has 1 aromatic heterocycles. The van der Waals surface area contributed by atoms with Gasteiger partial charge in [0, 0.05) is 6.20 Å². The van der Waals surface area contributed by atoms with Gasteiger partial charge in [-0.25, -0.2) is 4.98 Å². The lowest BCUT2D eigenvalue weighted by atomic mass is 10.1. The maximum Gasteiger partial charge on any atom is 0.165 e. The van der Waals surface area contributed by atoms with E-state index in [0.29, 0.717) is 15.9 Å². The highest BCUT2D eigenvalue weighted by atomic mass is 35.5. The molecular formula is C14H13Cl2N3. The highest BCUT2D eigenvalue weighted by Crippen LogP contribution is 2.22. The molecule has 0 aliphatic rings. The summed E-state index contributed by atoms with van der Waals surface area (Å²) in [5.41, 5.74) is 5.95. The first-order valence-corrected chi connectivity index (χ1v) is 6.50. The molecule has 0 radical (unpaired) electrons. The van der Waals surface area contributed by atoms with Crippen LogP contribution in [0.5, 0.6) is 0 Å². The van der Waals surface area contributed by atoms with Crippen molar-refractivity contribution in [3.05, 3.63) is 57.7 Å². The predicted molar refractivity (Wildman–Crippen MR) is 81.3 cm³/mol. The fraction of sp³-hybridized carbons (Fsp3) is 0.143. The fourth-order valence-corrected chi connectivity index (χ4v) is 1.92. The standard InChI is InChI=1S/C14H13Cl2N3/c1-9-3-5-11(6-4-9)10(2)18-19-14-13(16)7-12(15)8-17-14/h3-8H,1-2H3,(H,17,19)/b18-10+. The third kappa shape index (κ3) is 3.69. The van der Waals surface area contributed by atoms with Crippen LogP contribution in [0.15, 0.2) is 41.6 Å². The number of nitrogens with zero attached hydrogens (tertiary/aromatic N) is 2. The van der Waals surface area contributed by atoms with Gasteiger partial charge in [0.15, 0.2) is 5.82 Å². The number of aryl methyl sites for hydroxylation is 1. The Kier molecular flexibility index (Phi) is 4.40. The van der Waals surface area contributed by atoms with Crippen LogP contribution in [0.2, 0.25) is 10.0 Å². The third-order valence-corrected chi connectivity index (χ3v) is 3.10. The van der Waals surface area contributed by atoms with Gasteiger partial charge < -0.3 is 0 Å². The van der Waals surface area contributed by atoms with Gasteiger partial charge in [-0.15, -0.1) is 0 Å². The quantitative estimate of drug-likeness (QED) is 0.667. The van der Waals surface area contributed by atoms with Crippen LogP contribution in [0.25, 0.3) is 0 Å². The van der Waals surface area contributed by atoms with Crippen molar-refractivity contribution in [2.75, 3.05) is 5.43 Å². The van der Waals surface area contributed by atoms with E-state index in [0.717, 1.165) is 11.3 Å². The van der Waals surface area contributed by atoms with Gasteiger partial charge in [-0.1, -0.05) is 53.0 Å². The largest absolute Gasteiger partial charge is 0.260 e. The van der Waals surface area contributed by atoms with Crippen LogP contribution in [0, 0.1) is 6.92 Å². The molecule has 0 fully saturated rings. The maximum absolute atomic E-state index is 6.00. The van der Waals surface area contributed by atoms with Crippen molar-refractivity contribution in [1.29, 1.82) is 0 Å². The minimum atomic E-state index is 0.438. The smallest absolute Gasteiger partial charge is 0.165 e. The van der Waals surface area contributed by atoms with Crippen molar-refractivity contribution in [3.63, 3.8) is 0 Å². The molecule has 2 rings (SSSR count). The first-order chi connectivity index (χ1) is 9.06. The molecule has 98 valence electrons. The molecule has 1 heterocycles. The number of hydrazone groups is 1. The summed E-state index contributed by atoms with van der Waals surface area (Å²) >= 11 is 11.8. The normalized spacial score (nSPS) is 11.5. The highest BCUT2D eigenvalue weighted by molar-refractivity contribution is 6.35. The Morgan fingerprint density at radius 3 is 2.53 bits per heavy atom. The zero-order chi connectivity index (χ0) is 13.8. The molecule has 0 spiro atoms. The second-order valence-corrected chi connectivity index (χ2v) is 5.00. The highest BCUT2D eigenvalue weighted by Gasteiger charge is 2.02. The minimum Gasteiger partial charge on any atom is -0.260 e. The molecule has 1 aromatic carbocycles. The molecule has 0 unspecified atom stereocenters. The summed E-state index contributed by atoms with van der Waals surface area (Å²) in [6.07, 6.45) is 1.52. The van der Waals surface area contributed by atoms with E-state index in [-0.39, 0.29) is 0 Å². The van der Waals surface area contributed by atoms with Crippen molar-refractivity contribution < 1.29 is 0 Å². The number of anilines is 1. The van der Waals surface area contributed by atoms with Gasteiger partial charge in [0.2, 0.25) is 0 Å². The molecule has 2 aromatic rings. The Labute approximate surface area is 122 Å². The van der Waals surface area contributed by atoms with Crippen molar-refractivity contribution in [3.8, 4) is 0 Å². The van der Waals surface area contributed by atoms with Crippen molar-refractivity contribution in [2.24, 2.45) is 5.10 Å². The summed E-state index contributed by atoms with van der Waals surface area (Å²) in [4.78, 5) is 4.08. The number of nitrogens with one attached hydrogen (secondary N) is 1. The molecule has 0 aliphatic carbocycles. The second-order valence-electron chi connectivity index (χ2n) is 4.16. The van der Waals surface area contributed by atoms with Crippen LogP contribution in [0.1, 0.15) is 18.1 Å². The van der Waals surface area contributed by atoms with Crippen LogP contribution < -0.4 is 5.43 Å². The molecule has 0 saturated carbocycles. The maximum atomic E-state index is 6.00. The zero-order valence-electron chi connectivity index (χ0n) is 10.6. The van der Waals surface area contributed by atoms with Gasteiger partial charge >= 0.3 is 0 Å². The van der Waals surface area contributed by atoms with Gasteiger partial charge in [-0.2, -0.15) is 5.10 Å². The molecule has 3 nitrogen and oxygen atoms in total. The summed E-state index contributed by atoms with van der Waals surface area (Å²) < 4.78 is 0. The first kappa shape index (κ1) is 13.8. The van der Waals surface area contributed by atoms with E-state index in [1.165, 1.54) is 11.8 Å². The van der Waals surface area contributed by atoms with Gasteiger partial charge in [-0.05, 0) is 25.5 Å². The van der Waals surface area contributed by atoms with Crippen LogP contribution in [-0.2, 0) is 0 Å². The Hall–Kier alpha value is -1.58. The van der Waals surface area contributed by atoms with Crippen molar-refractivity contribution in [2.45, 2.75) is 13.8 Å². The Morgan fingerprint density at radius 1 is 1.21 bits per heavy atom. The minimum absolute atomic E-state index is 0.438. The lowest BCUT2D eigenvalue weighted by molar-refractivity contribution is 1.22. The summed E-state index contributed by atoms with van der Waals surface area (Å²) in [5.74, 6) is 0.484. The SMILES string of the molecule is C/C(=N\Nc1ncc(Cl)cc1Cl)c1ccc(C)cc1. The molecule has 5 heteroatoms. The number of hydrogen-bond acceptors (Lipinski definition) is 3. The van der Waals surface area contributed by atoms with Crippen molar-refractivity contribution >= 4 is 34.7 Å². The predicted octanol–water partition coefficient (Wildman–Crippen LogP) is 4.53. The van der Waals surface area contributed by atoms with E-state index in [2.05, 4.69) is 15.5 Å². The van der Waals surface area contributed by atoms with E-state index in [1.807, 2.05) is 38.1 Å². The van der Waals surface area contributed by atoms with E-state index in [1.54, 1.807) is 6.07 Å².